The Morgan fingerprint density at radius 1 is 0.547 bits per heavy atom. The number of para-hydroxylation sites is 2. The topological polar surface area (TPSA) is 129 Å². The van der Waals surface area contributed by atoms with Crippen LogP contribution < -0.4 is 40.1 Å². The fourth-order valence-corrected chi connectivity index (χ4v) is 9.06. The third kappa shape index (κ3) is 15.8. The summed E-state index contributed by atoms with van der Waals surface area (Å²) in [6.45, 7) is 19.3. The maximum Gasteiger partial charge on any atom is 2.00 e. The van der Waals surface area contributed by atoms with Crippen LogP contribution in [0.15, 0.2) is 133 Å². The van der Waals surface area contributed by atoms with Crippen molar-refractivity contribution in [3.63, 3.8) is 0 Å². The Morgan fingerprint density at radius 2 is 0.920 bits per heavy atom. The molecule has 0 saturated heterocycles. The summed E-state index contributed by atoms with van der Waals surface area (Å²) in [5.74, 6) is -1.56. The van der Waals surface area contributed by atoms with E-state index < -0.39 is 23.6 Å². The molecule has 75 heavy (non-hydrogen) atoms. The number of hydrogen-bond acceptors (Lipinski definition) is 10. The SMILES string of the molecule is CC(C)Oc1cc(CNc2ccc(CCC(=O)[O-])c(F)c2)ccc1CN1c2ccccc2C=CC1(C)C.CC(C)Oc1cc(CNc2ccc(CCC(=O)[O-])c(F)c2)ccc1CN1c2ccccc2C=CC1(C)C.[Ca+2]. The molecule has 2 aliphatic heterocycles. The Hall–Kier alpha value is -6.34. The van der Waals surface area contributed by atoms with Gasteiger partial charge in [-0.25, -0.2) is 8.78 Å². The summed E-state index contributed by atoms with van der Waals surface area (Å²) in [7, 11) is 0. The van der Waals surface area contributed by atoms with Gasteiger partial charge in [0.25, 0.3) is 0 Å². The number of ether oxygens (including phenoxy) is 2. The molecule has 2 aliphatic rings. The third-order valence-electron chi connectivity index (χ3n) is 13.1. The van der Waals surface area contributed by atoms with Crippen molar-refractivity contribution < 1.29 is 38.1 Å². The van der Waals surface area contributed by atoms with E-state index in [0.29, 0.717) is 48.7 Å². The van der Waals surface area contributed by atoms with Gasteiger partial charge in [-0.05, 0) is 163 Å². The monoisotopic (exact) mass is 1040 g/mol. The van der Waals surface area contributed by atoms with Crippen LogP contribution in [0.4, 0.5) is 31.5 Å². The van der Waals surface area contributed by atoms with E-state index in [2.05, 4.69) is 145 Å². The zero-order valence-electron chi connectivity index (χ0n) is 44.5. The molecule has 0 radical (unpaired) electrons. The quantitative estimate of drug-likeness (QED) is 0.0713. The van der Waals surface area contributed by atoms with Crippen molar-refractivity contribution in [3.8, 4) is 11.5 Å². The van der Waals surface area contributed by atoms with Crippen molar-refractivity contribution in [3.05, 3.63) is 190 Å². The summed E-state index contributed by atoms with van der Waals surface area (Å²) in [6, 6.07) is 38.8. The second-order valence-electron chi connectivity index (χ2n) is 20.5. The van der Waals surface area contributed by atoms with Crippen LogP contribution in [0, 0.1) is 11.6 Å². The number of nitrogens with one attached hydrogen (secondary N) is 2. The van der Waals surface area contributed by atoms with Crippen LogP contribution in [0.2, 0.25) is 0 Å². The maximum atomic E-state index is 14.4. The molecule has 2 N–H and O–H groups in total. The van der Waals surface area contributed by atoms with Gasteiger partial charge in [-0.3, -0.25) is 0 Å². The average molecular weight is 1040 g/mol. The Morgan fingerprint density at radius 3 is 1.28 bits per heavy atom. The van der Waals surface area contributed by atoms with E-state index in [1.54, 1.807) is 24.3 Å². The summed E-state index contributed by atoms with van der Waals surface area (Å²) in [5, 5.41) is 27.8. The minimum Gasteiger partial charge on any atom is -0.550 e. The number of nitrogens with zero attached hydrogens (tertiary/aromatic N) is 2. The predicted octanol–water partition coefficient (Wildman–Crippen LogP) is 11.1. The molecule has 6 aromatic rings. The third-order valence-corrected chi connectivity index (χ3v) is 13.1. The molecule has 13 heteroatoms. The zero-order valence-corrected chi connectivity index (χ0v) is 46.7. The number of carbonyl (C=O) groups excluding carboxylic acids is 2. The van der Waals surface area contributed by atoms with Crippen LogP contribution in [-0.2, 0) is 48.6 Å². The zero-order chi connectivity index (χ0) is 53.2. The van der Waals surface area contributed by atoms with Crippen molar-refractivity contribution in [2.24, 2.45) is 0 Å². The molecular formula is C62H68CaF2N4O6. The first kappa shape index (κ1) is 57.9. The summed E-state index contributed by atoms with van der Waals surface area (Å²) in [5.41, 5.74) is 10.7. The second-order valence-corrected chi connectivity index (χ2v) is 20.5. The summed E-state index contributed by atoms with van der Waals surface area (Å²) < 4.78 is 41.3. The number of carbonyl (C=O) groups is 2. The van der Waals surface area contributed by atoms with E-state index in [-0.39, 0.29) is 86.7 Å². The van der Waals surface area contributed by atoms with E-state index >= 15 is 0 Å². The molecule has 0 aliphatic carbocycles. The second kappa shape index (κ2) is 25.9. The van der Waals surface area contributed by atoms with Crippen LogP contribution >= 0.6 is 0 Å². The molecule has 0 fully saturated rings. The van der Waals surface area contributed by atoms with E-state index in [9.17, 15) is 28.6 Å². The first-order chi connectivity index (χ1) is 35.2. The number of carboxylic acids is 2. The molecule has 0 bridgehead atoms. The van der Waals surface area contributed by atoms with Crippen molar-refractivity contribution in [2.45, 2.75) is 131 Å². The minimum absolute atomic E-state index is 0. The fourth-order valence-electron chi connectivity index (χ4n) is 9.06. The molecule has 6 aromatic carbocycles. The van der Waals surface area contributed by atoms with Crippen molar-refractivity contribution in [2.75, 3.05) is 20.4 Å². The number of carboxylic acid groups (broad SMARTS) is 2. The van der Waals surface area contributed by atoms with Crippen molar-refractivity contribution in [1.29, 1.82) is 0 Å². The smallest absolute Gasteiger partial charge is 0.550 e. The summed E-state index contributed by atoms with van der Waals surface area (Å²) >= 11 is 0. The number of fused-ring (bicyclic) bond motifs is 2. The molecule has 0 atom stereocenters. The van der Waals surface area contributed by atoms with E-state index in [1.807, 2.05) is 39.8 Å². The summed E-state index contributed by atoms with van der Waals surface area (Å²) in [6.07, 6.45) is 8.70. The van der Waals surface area contributed by atoms with Gasteiger partial charge >= 0.3 is 37.7 Å². The van der Waals surface area contributed by atoms with Crippen LogP contribution in [0.3, 0.4) is 0 Å². The van der Waals surface area contributed by atoms with Gasteiger partial charge in [0.05, 0.1) is 23.3 Å². The number of hydrogen-bond donors (Lipinski definition) is 2. The van der Waals surface area contributed by atoms with Gasteiger partial charge in [-0.1, -0.05) is 97.1 Å². The molecule has 0 amide bonds. The fraction of sp³-hybridized carbons (Fsp3) is 0.323. The number of aliphatic carboxylic acids is 2. The molecule has 388 valence electrons. The average Bonchev–Trinajstić information content (AvgIpc) is 3.34. The Labute approximate surface area is 471 Å². The predicted molar refractivity (Wildman–Crippen MR) is 296 cm³/mol. The van der Waals surface area contributed by atoms with Crippen LogP contribution in [0.25, 0.3) is 12.2 Å². The van der Waals surface area contributed by atoms with E-state index in [4.69, 9.17) is 9.47 Å². The first-order valence-corrected chi connectivity index (χ1v) is 25.4. The van der Waals surface area contributed by atoms with E-state index in [1.165, 1.54) is 34.6 Å². The molecule has 2 heterocycles. The Bertz CT molecular complexity index is 2810. The van der Waals surface area contributed by atoms with Crippen LogP contribution in [0.5, 0.6) is 11.5 Å². The van der Waals surface area contributed by atoms with Gasteiger partial charge in [0.15, 0.2) is 0 Å². The van der Waals surface area contributed by atoms with Gasteiger partial charge in [0.2, 0.25) is 0 Å². The number of anilines is 4. The van der Waals surface area contributed by atoms with Gasteiger partial charge in [-0.2, -0.15) is 0 Å². The Kier molecular flexibility index (Phi) is 20.0. The van der Waals surface area contributed by atoms with Gasteiger partial charge < -0.3 is 49.7 Å². The van der Waals surface area contributed by atoms with Gasteiger partial charge in [0.1, 0.15) is 23.1 Å². The number of aryl methyl sites for hydroxylation is 2. The van der Waals surface area contributed by atoms with Crippen molar-refractivity contribution >= 4 is 84.6 Å². The van der Waals surface area contributed by atoms with Gasteiger partial charge in [-0.15, -0.1) is 0 Å². The molecule has 0 saturated carbocycles. The minimum atomic E-state index is -1.19. The standard InChI is InChI=1S/2C31H35FN2O3.Ca/c2*1-21(2)37-29-17-22(19-33-26-13-11-23(27(32)18-26)12-14-30(35)36)9-10-25(29)20-34-28-8-6-5-7-24(28)15-16-31(34,3)4;/h2*5-11,13,15-18,21,33H,12,14,19-20H2,1-4H3,(H,35,36);/q;;+2/p-2. The Balaban J connectivity index is 0.000000241. The molecule has 0 aromatic heterocycles. The van der Waals surface area contributed by atoms with Crippen LogP contribution in [0.1, 0.15) is 113 Å². The normalized spacial score (nSPS) is 13.8. The number of halogens is 2. The van der Waals surface area contributed by atoms with Crippen molar-refractivity contribution in [1.82, 2.24) is 0 Å². The largest absolute Gasteiger partial charge is 2.00 e. The van der Waals surface area contributed by atoms with Crippen LogP contribution in [-0.4, -0.2) is 73.0 Å². The van der Waals surface area contributed by atoms with E-state index in [0.717, 1.165) is 33.8 Å². The molecule has 8 rings (SSSR count). The number of benzene rings is 6. The molecular weight excluding hydrogens is 975 g/mol. The van der Waals surface area contributed by atoms with Gasteiger partial charge in [0, 0.05) is 72.0 Å². The first-order valence-electron chi connectivity index (χ1n) is 25.4. The number of rotatable bonds is 20. The summed E-state index contributed by atoms with van der Waals surface area (Å²) in [4.78, 5) is 26.1. The maximum absolute atomic E-state index is 14.4. The molecule has 0 unspecified atom stereocenters. The molecule has 0 spiro atoms. The molecule has 10 nitrogen and oxygen atoms in total.